The molecule has 3 aromatic carbocycles. The number of halogens is 4. The van der Waals surface area contributed by atoms with Crippen LogP contribution in [0.25, 0.3) is 0 Å². The number of hydrogen-bond donors (Lipinski definition) is 1. The number of amides is 2. The minimum absolute atomic E-state index is 0.0399. The number of carbonyl (C=O) groups excluding carboxylic acids is 2. The Morgan fingerprint density at radius 3 is 2.22 bits per heavy atom. The van der Waals surface area contributed by atoms with E-state index in [1.807, 2.05) is 44.2 Å². The molecule has 3 aromatic rings. The van der Waals surface area contributed by atoms with Gasteiger partial charge in [-0.15, -0.1) is 0 Å². The Bertz CT molecular complexity index is 1200. The van der Waals surface area contributed by atoms with Crippen molar-refractivity contribution in [2.45, 2.75) is 51.7 Å². The van der Waals surface area contributed by atoms with Crippen LogP contribution in [0.2, 0.25) is 20.1 Å². The number of benzene rings is 3. The van der Waals surface area contributed by atoms with Crippen LogP contribution in [0.5, 0.6) is 0 Å². The van der Waals surface area contributed by atoms with Crippen LogP contribution in [-0.4, -0.2) is 28.8 Å². The van der Waals surface area contributed by atoms with E-state index in [4.69, 9.17) is 46.4 Å². The van der Waals surface area contributed by atoms with Gasteiger partial charge in [-0.05, 0) is 54.3 Å². The van der Waals surface area contributed by atoms with Crippen LogP contribution in [0, 0.1) is 0 Å². The van der Waals surface area contributed by atoms with Gasteiger partial charge in [-0.2, -0.15) is 0 Å². The van der Waals surface area contributed by atoms with Gasteiger partial charge in [0, 0.05) is 29.1 Å². The zero-order valence-electron chi connectivity index (χ0n) is 20.1. The summed E-state index contributed by atoms with van der Waals surface area (Å²) >= 11 is 24.8. The number of nitrogens with zero attached hydrogens (tertiary/aromatic N) is 1. The second-order valence-corrected chi connectivity index (χ2v) is 10.4. The molecule has 8 heteroatoms. The maximum atomic E-state index is 13.8. The number of carbonyl (C=O) groups is 2. The van der Waals surface area contributed by atoms with Crippen LogP contribution in [0.4, 0.5) is 0 Å². The Morgan fingerprint density at radius 1 is 0.861 bits per heavy atom. The SMILES string of the molecule is CC[C@H](C)NC(=O)[C@H](Cc1ccccc1)N(Cc1ccc(Cl)cc1Cl)C(=O)Cc1ccc(Cl)c(Cl)c1. The van der Waals surface area contributed by atoms with Crippen molar-refractivity contribution in [2.24, 2.45) is 0 Å². The van der Waals surface area contributed by atoms with Gasteiger partial charge in [0.1, 0.15) is 6.04 Å². The largest absolute Gasteiger partial charge is 0.352 e. The normalized spacial score (nSPS) is 12.6. The molecule has 0 heterocycles. The van der Waals surface area contributed by atoms with E-state index >= 15 is 0 Å². The quantitative estimate of drug-likeness (QED) is 0.278. The minimum Gasteiger partial charge on any atom is -0.352 e. The van der Waals surface area contributed by atoms with Crippen LogP contribution >= 0.6 is 46.4 Å². The summed E-state index contributed by atoms with van der Waals surface area (Å²) in [6.45, 7) is 4.08. The summed E-state index contributed by atoms with van der Waals surface area (Å²) in [6.07, 6.45) is 1.16. The van der Waals surface area contributed by atoms with Gasteiger partial charge in [-0.3, -0.25) is 9.59 Å². The van der Waals surface area contributed by atoms with E-state index in [2.05, 4.69) is 5.32 Å². The average Bonchev–Trinajstić information content (AvgIpc) is 2.85. The Morgan fingerprint density at radius 2 is 1.58 bits per heavy atom. The summed E-state index contributed by atoms with van der Waals surface area (Å²) in [4.78, 5) is 28.9. The standard InChI is InChI=1S/C28H28Cl4N2O2/c1-3-18(2)33-28(36)26(14-19-7-5-4-6-8-19)34(17-21-10-11-22(29)16-24(21)31)27(35)15-20-9-12-23(30)25(32)13-20/h4-13,16,18,26H,3,14-15,17H2,1-2H3,(H,33,36)/t18-,26-/m0/s1. The van der Waals surface area contributed by atoms with Gasteiger partial charge in [0.2, 0.25) is 11.8 Å². The van der Waals surface area contributed by atoms with Crippen molar-refractivity contribution < 1.29 is 9.59 Å². The fourth-order valence-corrected chi connectivity index (χ4v) is 4.54. The molecule has 0 radical (unpaired) electrons. The summed E-state index contributed by atoms with van der Waals surface area (Å²) < 4.78 is 0. The van der Waals surface area contributed by atoms with Crippen molar-refractivity contribution in [1.29, 1.82) is 0 Å². The second-order valence-electron chi connectivity index (χ2n) is 8.71. The van der Waals surface area contributed by atoms with E-state index in [-0.39, 0.29) is 30.8 Å². The monoisotopic (exact) mass is 564 g/mol. The predicted octanol–water partition coefficient (Wildman–Crippen LogP) is 7.40. The van der Waals surface area contributed by atoms with Gasteiger partial charge < -0.3 is 10.2 Å². The van der Waals surface area contributed by atoms with Crippen molar-refractivity contribution in [3.05, 3.63) is 104 Å². The van der Waals surface area contributed by atoms with Gasteiger partial charge in [0.25, 0.3) is 0 Å². The molecule has 0 unspecified atom stereocenters. The summed E-state index contributed by atoms with van der Waals surface area (Å²) in [6, 6.07) is 19.0. The summed E-state index contributed by atoms with van der Waals surface area (Å²) in [5.41, 5.74) is 2.33. The molecule has 3 rings (SSSR count). The molecule has 0 aromatic heterocycles. The van der Waals surface area contributed by atoms with E-state index < -0.39 is 6.04 Å². The smallest absolute Gasteiger partial charge is 0.243 e. The van der Waals surface area contributed by atoms with Crippen LogP contribution in [-0.2, 0) is 29.0 Å². The highest BCUT2D eigenvalue weighted by Crippen LogP contribution is 2.26. The third-order valence-corrected chi connectivity index (χ3v) is 7.29. The maximum absolute atomic E-state index is 13.8. The Labute approximate surface area is 232 Å². The lowest BCUT2D eigenvalue weighted by atomic mass is 10.0. The number of hydrogen-bond acceptors (Lipinski definition) is 2. The van der Waals surface area contributed by atoms with Gasteiger partial charge in [0.05, 0.1) is 16.5 Å². The highest BCUT2D eigenvalue weighted by atomic mass is 35.5. The topological polar surface area (TPSA) is 49.4 Å². The lowest BCUT2D eigenvalue weighted by Crippen LogP contribution is -2.52. The number of nitrogens with one attached hydrogen (secondary N) is 1. The fourth-order valence-electron chi connectivity index (χ4n) is 3.75. The fraction of sp³-hybridized carbons (Fsp3) is 0.286. The molecule has 190 valence electrons. The molecule has 0 aliphatic heterocycles. The van der Waals surface area contributed by atoms with Crippen LogP contribution in [0.1, 0.15) is 37.0 Å². The lowest BCUT2D eigenvalue weighted by Gasteiger charge is -2.32. The first-order chi connectivity index (χ1) is 17.2. The zero-order chi connectivity index (χ0) is 26.2. The first-order valence-corrected chi connectivity index (χ1v) is 13.2. The summed E-state index contributed by atoms with van der Waals surface area (Å²) in [7, 11) is 0. The predicted molar refractivity (Wildman–Crippen MR) is 149 cm³/mol. The number of rotatable bonds is 10. The summed E-state index contributed by atoms with van der Waals surface area (Å²) in [5, 5.41) is 4.74. The van der Waals surface area contributed by atoms with Crippen LogP contribution < -0.4 is 5.32 Å². The third kappa shape index (κ3) is 7.88. The summed E-state index contributed by atoms with van der Waals surface area (Å²) in [5.74, 6) is -0.458. The van der Waals surface area contributed by atoms with Crippen LogP contribution in [0.15, 0.2) is 66.7 Å². The van der Waals surface area contributed by atoms with Gasteiger partial charge in [-0.1, -0.05) is 95.8 Å². The average molecular weight is 566 g/mol. The van der Waals surface area contributed by atoms with E-state index in [0.717, 1.165) is 12.0 Å². The second kappa shape index (κ2) is 13.3. The van der Waals surface area contributed by atoms with E-state index in [0.29, 0.717) is 37.6 Å². The molecule has 4 nitrogen and oxygen atoms in total. The van der Waals surface area contributed by atoms with Crippen molar-refractivity contribution in [1.82, 2.24) is 10.2 Å². The lowest BCUT2D eigenvalue weighted by molar-refractivity contribution is -0.141. The Kier molecular flexibility index (Phi) is 10.5. The highest BCUT2D eigenvalue weighted by Gasteiger charge is 2.31. The molecular formula is C28H28Cl4N2O2. The molecule has 0 saturated carbocycles. The highest BCUT2D eigenvalue weighted by molar-refractivity contribution is 6.42. The van der Waals surface area contributed by atoms with Crippen molar-refractivity contribution in [3.8, 4) is 0 Å². The van der Waals surface area contributed by atoms with E-state index in [1.165, 1.54) is 0 Å². The molecule has 0 bridgehead atoms. The van der Waals surface area contributed by atoms with Gasteiger partial charge in [-0.25, -0.2) is 0 Å². The maximum Gasteiger partial charge on any atom is 0.243 e. The molecule has 36 heavy (non-hydrogen) atoms. The van der Waals surface area contributed by atoms with E-state index in [1.54, 1.807) is 41.3 Å². The zero-order valence-corrected chi connectivity index (χ0v) is 23.1. The van der Waals surface area contributed by atoms with Crippen LogP contribution in [0.3, 0.4) is 0 Å². The first-order valence-electron chi connectivity index (χ1n) is 11.7. The first kappa shape index (κ1) is 28.3. The molecule has 2 amide bonds. The van der Waals surface area contributed by atoms with Gasteiger partial charge >= 0.3 is 0 Å². The molecular weight excluding hydrogens is 538 g/mol. The van der Waals surface area contributed by atoms with Gasteiger partial charge in [0.15, 0.2) is 0 Å². The molecule has 0 spiro atoms. The minimum atomic E-state index is -0.761. The van der Waals surface area contributed by atoms with Crippen molar-refractivity contribution >= 4 is 58.2 Å². The van der Waals surface area contributed by atoms with Crippen molar-refractivity contribution in [2.75, 3.05) is 0 Å². The third-order valence-electron chi connectivity index (χ3n) is 5.97. The Balaban J connectivity index is 2.01. The van der Waals surface area contributed by atoms with Crippen molar-refractivity contribution in [3.63, 3.8) is 0 Å². The Hall–Kier alpha value is -2.24. The molecule has 2 atom stereocenters. The molecule has 1 N–H and O–H groups in total. The van der Waals surface area contributed by atoms with E-state index in [9.17, 15) is 9.59 Å². The molecule has 0 aliphatic carbocycles. The molecule has 0 fully saturated rings. The molecule has 0 saturated heterocycles. The molecule has 0 aliphatic rings.